The van der Waals surface area contributed by atoms with Crippen LogP contribution in [0.15, 0.2) is 79.4 Å². The van der Waals surface area contributed by atoms with Crippen molar-refractivity contribution < 1.29 is 4.79 Å². The number of nitrogens with one attached hydrogen (secondary N) is 2. The second-order valence-corrected chi connectivity index (χ2v) is 7.24. The zero-order valence-electron chi connectivity index (χ0n) is 17.3. The van der Waals surface area contributed by atoms with Crippen LogP contribution in [0.25, 0.3) is 0 Å². The molecule has 4 N–H and O–H groups in total. The summed E-state index contributed by atoms with van der Waals surface area (Å²) in [7, 11) is 0. The summed E-state index contributed by atoms with van der Waals surface area (Å²) in [4.78, 5) is 12.4. The Hall–Kier alpha value is -3.91. The lowest BCUT2D eigenvalue weighted by molar-refractivity contribution is 0.0951. The minimum atomic E-state index is -0.184. The lowest BCUT2D eigenvalue weighted by Gasteiger charge is -2.06. The first kappa shape index (κ1) is 22.8. The average molecular weight is 450 g/mol. The van der Waals surface area contributed by atoms with E-state index < -0.39 is 0 Å². The minimum Gasteiger partial charge on any atom is -0.384 e. The number of amides is 1. The number of rotatable bonds is 8. The molecule has 0 fully saturated rings. The van der Waals surface area contributed by atoms with Crippen LogP contribution in [0.5, 0.6) is 0 Å². The van der Waals surface area contributed by atoms with Crippen molar-refractivity contribution in [3.63, 3.8) is 0 Å². The SMILES string of the molecule is Cl.N=C(N)c1ccc(CNC(=O)c2cnn(Cc3ccc(Cn4cccn4)cc3)c2)cc1. The zero-order chi connectivity index (χ0) is 21.6. The highest BCUT2D eigenvalue weighted by Crippen LogP contribution is 2.09. The summed E-state index contributed by atoms with van der Waals surface area (Å²) in [5.74, 6) is -0.160. The molecule has 0 unspecified atom stereocenters. The molecule has 2 heterocycles. The van der Waals surface area contributed by atoms with Gasteiger partial charge in [0.2, 0.25) is 0 Å². The highest BCUT2D eigenvalue weighted by molar-refractivity contribution is 5.95. The van der Waals surface area contributed by atoms with Crippen LogP contribution in [0, 0.1) is 5.41 Å². The van der Waals surface area contributed by atoms with Crippen molar-refractivity contribution >= 4 is 24.1 Å². The molecule has 2 aromatic carbocycles. The van der Waals surface area contributed by atoms with Gasteiger partial charge in [0.15, 0.2) is 0 Å². The van der Waals surface area contributed by atoms with E-state index in [-0.39, 0.29) is 24.1 Å². The van der Waals surface area contributed by atoms with Crippen molar-refractivity contribution in [3.8, 4) is 0 Å². The third-order valence-electron chi connectivity index (χ3n) is 4.88. The lowest BCUT2D eigenvalue weighted by Crippen LogP contribution is -2.22. The van der Waals surface area contributed by atoms with Crippen LogP contribution in [0.4, 0.5) is 0 Å². The number of aromatic nitrogens is 4. The van der Waals surface area contributed by atoms with Gasteiger partial charge < -0.3 is 11.1 Å². The predicted octanol–water partition coefficient (Wildman–Crippen LogP) is 2.81. The van der Waals surface area contributed by atoms with Crippen molar-refractivity contribution in [1.82, 2.24) is 24.9 Å². The summed E-state index contributed by atoms with van der Waals surface area (Å²) in [6.07, 6.45) is 7.02. The van der Waals surface area contributed by atoms with E-state index in [4.69, 9.17) is 11.1 Å². The van der Waals surface area contributed by atoms with E-state index in [9.17, 15) is 4.79 Å². The molecule has 9 heteroatoms. The van der Waals surface area contributed by atoms with E-state index in [1.54, 1.807) is 35.4 Å². The Labute approximate surface area is 192 Å². The van der Waals surface area contributed by atoms with E-state index in [0.717, 1.165) is 17.7 Å². The molecular weight excluding hydrogens is 426 g/mol. The van der Waals surface area contributed by atoms with Gasteiger partial charge in [-0.05, 0) is 22.8 Å². The van der Waals surface area contributed by atoms with E-state index >= 15 is 0 Å². The van der Waals surface area contributed by atoms with Gasteiger partial charge in [-0.15, -0.1) is 12.4 Å². The summed E-state index contributed by atoms with van der Waals surface area (Å²) < 4.78 is 3.63. The third kappa shape index (κ3) is 5.83. The normalized spacial score (nSPS) is 10.4. The smallest absolute Gasteiger partial charge is 0.254 e. The molecule has 0 aliphatic heterocycles. The molecule has 1 amide bonds. The van der Waals surface area contributed by atoms with Gasteiger partial charge in [0.05, 0.1) is 24.8 Å². The quantitative estimate of drug-likeness (QED) is 0.283. The van der Waals surface area contributed by atoms with Crippen molar-refractivity contribution in [2.75, 3.05) is 0 Å². The number of halogens is 1. The van der Waals surface area contributed by atoms with Gasteiger partial charge in [0, 0.05) is 30.7 Å². The fourth-order valence-corrected chi connectivity index (χ4v) is 3.17. The van der Waals surface area contributed by atoms with Gasteiger partial charge in [-0.3, -0.25) is 19.6 Å². The van der Waals surface area contributed by atoms with Crippen molar-refractivity contribution in [3.05, 3.63) is 107 Å². The van der Waals surface area contributed by atoms with Crippen LogP contribution in [-0.4, -0.2) is 31.3 Å². The van der Waals surface area contributed by atoms with E-state index in [2.05, 4.69) is 39.8 Å². The number of nitrogens with zero attached hydrogens (tertiary/aromatic N) is 4. The highest BCUT2D eigenvalue weighted by atomic mass is 35.5. The number of nitrogens with two attached hydrogens (primary N) is 1. The number of hydrogen-bond donors (Lipinski definition) is 3. The number of benzene rings is 2. The van der Waals surface area contributed by atoms with Crippen LogP contribution in [0.2, 0.25) is 0 Å². The number of amidine groups is 1. The first-order chi connectivity index (χ1) is 15.1. The maximum absolute atomic E-state index is 12.4. The molecule has 0 saturated heterocycles. The van der Waals surface area contributed by atoms with Gasteiger partial charge in [-0.2, -0.15) is 10.2 Å². The Bertz CT molecular complexity index is 1170. The molecule has 4 aromatic rings. The summed E-state index contributed by atoms with van der Waals surface area (Å²) in [6.45, 7) is 1.71. The largest absolute Gasteiger partial charge is 0.384 e. The minimum absolute atomic E-state index is 0. The zero-order valence-corrected chi connectivity index (χ0v) is 18.1. The van der Waals surface area contributed by atoms with E-state index in [1.165, 1.54) is 5.56 Å². The number of carbonyl (C=O) groups is 1. The Balaban J connectivity index is 0.00000289. The summed E-state index contributed by atoms with van der Waals surface area (Å²) >= 11 is 0. The Morgan fingerprint density at radius 2 is 1.53 bits per heavy atom. The molecule has 8 nitrogen and oxygen atoms in total. The second-order valence-electron chi connectivity index (χ2n) is 7.24. The van der Waals surface area contributed by atoms with Crippen LogP contribution < -0.4 is 11.1 Å². The topological polar surface area (TPSA) is 115 Å². The molecule has 0 saturated carbocycles. The van der Waals surface area contributed by atoms with E-state index in [1.807, 2.05) is 29.1 Å². The maximum Gasteiger partial charge on any atom is 0.254 e. The van der Waals surface area contributed by atoms with E-state index in [0.29, 0.717) is 24.2 Å². The van der Waals surface area contributed by atoms with Gasteiger partial charge in [-0.1, -0.05) is 48.5 Å². The number of nitrogen functional groups attached to an aromatic ring is 1. The van der Waals surface area contributed by atoms with Crippen LogP contribution >= 0.6 is 12.4 Å². The van der Waals surface area contributed by atoms with Crippen molar-refractivity contribution in [2.24, 2.45) is 5.73 Å². The molecule has 2 aromatic heterocycles. The summed E-state index contributed by atoms with van der Waals surface area (Å²) in [5.41, 5.74) is 9.83. The third-order valence-corrected chi connectivity index (χ3v) is 4.88. The predicted molar refractivity (Wildman–Crippen MR) is 125 cm³/mol. The number of hydrogen-bond acceptors (Lipinski definition) is 4. The lowest BCUT2D eigenvalue weighted by atomic mass is 10.1. The molecule has 0 atom stereocenters. The molecular formula is C23H24ClN7O. The average Bonchev–Trinajstić information content (AvgIpc) is 3.46. The van der Waals surface area contributed by atoms with Crippen LogP contribution in [0.1, 0.15) is 32.6 Å². The molecule has 0 aliphatic carbocycles. The molecule has 0 aliphatic rings. The Morgan fingerprint density at radius 1 is 0.906 bits per heavy atom. The van der Waals surface area contributed by atoms with Gasteiger partial charge in [0.25, 0.3) is 5.91 Å². The van der Waals surface area contributed by atoms with Crippen LogP contribution in [0.3, 0.4) is 0 Å². The van der Waals surface area contributed by atoms with Crippen LogP contribution in [-0.2, 0) is 19.6 Å². The highest BCUT2D eigenvalue weighted by Gasteiger charge is 2.09. The standard InChI is InChI=1S/C23H23N7O.ClH/c24-22(25)20-8-6-17(7-9-20)12-26-23(31)21-13-28-30(16-21)15-19-4-2-18(3-5-19)14-29-11-1-10-27-29;/h1-11,13,16H,12,14-15H2,(H3,24,25)(H,26,31);1H. The molecule has 4 rings (SSSR count). The Kier molecular flexibility index (Phi) is 7.41. The first-order valence-corrected chi connectivity index (χ1v) is 9.86. The van der Waals surface area contributed by atoms with Crippen molar-refractivity contribution in [2.45, 2.75) is 19.6 Å². The molecule has 0 spiro atoms. The first-order valence-electron chi connectivity index (χ1n) is 9.86. The maximum atomic E-state index is 12.4. The molecule has 0 radical (unpaired) electrons. The van der Waals surface area contributed by atoms with Crippen molar-refractivity contribution in [1.29, 1.82) is 5.41 Å². The van der Waals surface area contributed by atoms with Gasteiger partial charge in [-0.25, -0.2) is 0 Å². The monoisotopic (exact) mass is 449 g/mol. The molecule has 164 valence electrons. The van der Waals surface area contributed by atoms with Gasteiger partial charge in [0.1, 0.15) is 5.84 Å². The van der Waals surface area contributed by atoms with Gasteiger partial charge >= 0.3 is 0 Å². The number of carbonyl (C=O) groups excluding carboxylic acids is 1. The summed E-state index contributed by atoms with van der Waals surface area (Å²) in [6, 6.07) is 17.4. The summed E-state index contributed by atoms with van der Waals surface area (Å²) in [5, 5.41) is 18.8. The molecule has 32 heavy (non-hydrogen) atoms. The fraction of sp³-hybridized carbons (Fsp3) is 0.130. The fourth-order valence-electron chi connectivity index (χ4n) is 3.17. The molecule has 0 bridgehead atoms. The second kappa shape index (κ2) is 10.4. The Morgan fingerprint density at radius 3 is 2.12 bits per heavy atom.